The van der Waals surface area contributed by atoms with Gasteiger partial charge in [0.2, 0.25) is 0 Å². The molecule has 1 aromatic heterocycles. The molecule has 0 spiro atoms. The third-order valence-corrected chi connectivity index (χ3v) is 4.13. The van der Waals surface area contributed by atoms with Crippen molar-refractivity contribution in [3.63, 3.8) is 0 Å². The Kier molecular flexibility index (Phi) is 2.20. The normalized spacial score (nSPS) is 21.4. The maximum absolute atomic E-state index is 11.7. The summed E-state index contributed by atoms with van der Waals surface area (Å²) in [5.41, 5.74) is 0.981. The lowest BCUT2D eigenvalue weighted by molar-refractivity contribution is 0.399. The lowest BCUT2D eigenvalue weighted by Gasteiger charge is -2.24. The van der Waals surface area contributed by atoms with E-state index in [9.17, 15) is 4.79 Å². The number of nitrogens with zero attached hydrogens (tertiary/aromatic N) is 1. The average molecular weight is 269 g/mol. The second-order valence-electron chi connectivity index (χ2n) is 4.55. The molecule has 2 fully saturated rings. The van der Waals surface area contributed by atoms with E-state index in [1.54, 1.807) is 0 Å². The molecule has 15 heavy (non-hydrogen) atoms. The van der Waals surface area contributed by atoms with Crippen LogP contribution in [0.3, 0.4) is 0 Å². The van der Waals surface area contributed by atoms with Gasteiger partial charge < -0.3 is 4.98 Å². The molecule has 0 atom stereocenters. The Morgan fingerprint density at radius 1 is 1.20 bits per heavy atom. The van der Waals surface area contributed by atoms with Gasteiger partial charge in [-0.25, -0.2) is 4.98 Å². The van der Waals surface area contributed by atoms with Gasteiger partial charge in [0.15, 0.2) is 0 Å². The molecule has 2 aliphatic rings. The largest absolute Gasteiger partial charge is 0.309 e. The second kappa shape index (κ2) is 3.44. The van der Waals surface area contributed by atoms with Crippen molar-refractivity contribution in [3.8, 4) is 0 Å². The van der Waals surface area contributed by atoms with Gasteiger partial charge in [0.25, 0.3) is 5.56 Å². The maximum Gasteiger partial charge on any atom is 0.265 e. The van der Waals surface area contributed by atoms with E-state index in [-0.39, 0.29) is 5.56 Å². The van der Waals surface area contributed by atoms with Crippen molar-refractivity contribution >= 4 is 15.9 Å². The molecule has 2 saturated carbocycles. The number of H-pyrrole nitrogens is 1. The molecule has 0 aromatic carbocycles. The Hall–Kier alpha value is -0.640. The van der Waals surface area contributed by atoms with E-state index in [0.717, 1.165) is 11.5 Å². The van der Waals surface area contributed by atoms with E-state index in [0.29, 0.717) is 16.3 Å². The van der Waals surface area contributed by atoms with Crippen LogP contribution < -0.4 is 5.56 Å². The number of rotatable bonds is 2. The van der Waals surface area contributed by atoms with Gasteiger partial charge in [-0.1, -0.05) is 6.42 Å². The molecule has 1 aromatic rings. The van der Waals surface area contributed by atoms with Crippen molar-refractivity contribution in [2.24, 2.45) is 0 Å². The zero-order valence-corrected chi connectivity index (χ0v) is 10.0. The first-order valence-electron chi connectivity index (χ1n) is 5.55. The van der Waals surface area contributed by atoms with E-state index < -0.39 is 0 Å². The van der Waals surface area contributed by atoms with E-state index in [2.05, 4.69) is 25.9 Å². The van der Waals surface area contributed by atoms with E-state index in [1.165, 1.54) is 32.1 Å². The summed E-state index contributed by atoms with van der Waals surface area (Å²) >= 11 is 3.34. The second-order valence-corrected chi connectivity index (χ2v) is 5.35. The Morgan fingerprint density at radius 3 is 2.47 bits per heavy atom. The molecule has 0 bridgehead atoms. The van der Waals surface area contributed by atoms with Crippen LogP contribution >= 0.6 is 15.9 Å². The van der Waals surface area contributed by atoms with Crippen LogP contribution in [0.1, 0.15) is 55.5 Å². The van der Waals surface area contributed by atoms with Gasteiger partial charge in [0, 0.05) is 11.8 Å². The minimum Gasteiger partial charge on any atom is -0.309 e. The van der Waals surface area contributed by atoms with Gasteiger partial charge in [-0.2, -0.15) is 0 Å². The summed E-state index contributed by atoms with van der Waals surface area (Å²) in [5, 5.41) is 0. The highest BCUT2D eigenvalue weighted by molar-refractivity contribution is 9.10. The molecule has 1 N–H and O–H groups in total. The van der Waals surface area contributed by atoms with Crippen LogP contribution in [0.5, 0.6) is 0 Å². The molecule has 2 aliphatic carbocycles. The Bertz CT molecular complexity index is 446. The predicted octanol–water partition coefficient (Wildman–Crippen LogP) is 2.68. The summed E-state index contributed by atoms with van der Waals surface area (Å²) in [7, 11) is 0. The van der Waals surface area contributed by atoms with Gasteiger partial charge in [-0.15, -0.1) is 0 Å². The standard InChI is InChI=1S/C11H13BrN2O/c12-8-9(6-4-5-6)13-10(14-11(8)15)7-2-1-3-7/h6-7H,1-5H2,(H,13,14,15). The molecule has 0 radical (unpaired) electrons. The number of halogens is 1. The van der Waals surface area contributed by atoms with Crippen LogP contribution in [0.2, 0.25) is 0 Å². The van der Waals surface area contributed by atoms with E-state index >= 15 is 0 Å². The highest BCUT2D eigenvalue weighted by Crippen LogP contribution is 2.42. The smallest absolute Gasteiger partial charge is 0.265 e. The van der Waals surface area contributed by atoms with Crippen LogP contribution in [-0.2, 0) is 0 Å². The van der Waals surface area contributed by atoms with E-state index in [4.69, 9.17) is 0 Å². The highest BCUT2D eigenvalue weighted by Gasteiger charge is 2.30. The van der Waals surface area contributed by atoms with Crippen molar-refractivity contribution < 1.29 is 0 Å². The first kappa shape index (κ1) is 9.58. The summed E-state index contributed by atoms with van der Waals surface area (Å²) in [6.45, 7) is 0. The first-order chi connectivity index (χ1) is 7.25. The number of aromatic amines is 1. The van der Waals surface area contributed by atoms with Crippen molar-refractivity contribution in [3.05, 3.63) is 26.3 Å². The Labute approximate surface area is 96.4 Å². The fourth-order valence-electron chi connectivity index (χ4n) is 2.00. The zero-order chi connectivity index (χ0) is 10.4. The fourth-order valence-corrected chi connectivity index (χ4v) is 2.51. The van der Waals surface area contributed by atoms with Gasteiger partial charge in [-0.05, 0) is 41.6 Å². The van der Waals surface area contributed by atoms with Gasteiger partial charge in [-0.3, -0.25) is 4.79 Å². The zero-order valence-electron chi connectivity index (χ0n) is 8.42. The molecular formula is C11H13BrN2O. The Balaban J connectivity index is 2.04. The number of hydrogen-bond donors (Lipinski definition) is 1. The fraction of sp³-hybridized carbons (Fsp3) is 0.636. The minimum atomic E-state index is -0.00574. The van der Waals surface area contributed by atoms with Crippen LogP contribution in [0, 0.1) is 0 Å². The van der Waals surface area contributed by atoms with E-state index in [1.807, 2.05) is 0 Å². The van der Waals surface area contributed by atoms with Crippen molar-refractivity contribution in [2.75, 3.05) is 0 Å². The number of aromatic nitrogens is 2. The molecule has 0 saturated heterocycles. The molecule has 1 heterocycles. The molecule has 0 aliphatic heterocycles. The summed E-state index contributed by atoms with van der Waals surface area (Å²) in [4.78, 5) is 19.2. The molecule has 0 unspecified atom stereocenters. The molecule has 3 nitrogen and oxygen atoms in total. The Morgan fingerprint density at radius 2 is 1.93 bits per heavy atom. The maximum atomic E-state index is 11.7. The van der Waals surface area contributed by atoms with Crippen molar-refractivity contribution in [2.45, 2.75) is 43.9 Å². The third kappa shape index (κ3) is 1.65. The molecule has 0 amide bonds. The predicted molar refractivity (Wildman–Crippen MR) is 61.1 cm³/mol. The summed E-state index contributed by atoms with van der Waals surface area (Å²) in [5.74, 6) is 1.94. The van der Waals surface area contributed by atoms with Crippen LogP contribution in [0.25, 0.3) is 0 Å². The summed E-state index contributed by atoms with van der Waals surface area (Å²) < 4.78 is 0.646. The van der Waals surface area contributed by atoms with Crippen LogP contribution in [0.4, 0.5) is 0 Å². The molecule has 4 heteroatoms. The number of hydrogen-bond acceptors (Lipinski definition) is 2. The quantitative estimate of drug-likeness (QED) is 0.897. The minimum absolute atomic E-state index is 0.00574. The van der Waals surface area contributed by atoms with Gasteiger partial charge in [0.05, 0.1) is 5.69 Å². The van der Waals surface area contributed by atoms with Crippen LogP contribution in [0.15, 0.2) is 9.27 Å². The lowest BCUT2D eigenvalue weighted by atomic mass is 9.85. The molecule has 80 valence electrons. The van der Waals surface area contributed by atoms with Gasteiger partial charge in [0.1, 0.15) is 10.3 Å². The summed E-state index contributed by atoms with van der Waals surface area (Å²) in [6.07, 6.45) is 5.98. The lowest BCUT2D eigenvalue weighted by Crippen LogP contribution is -2.21. The molecule has 3 rings (SSSR count). The van der Waals surface area contributed by atoms with Crippen LogP contribution in [-0.4, -0.2) is 9.97 Å². The monoisotopic (exact) mass is 268 g/mol. The summed E-state index contributed by atoms with van der Waals surface area (Å²) in [6, 6.07) is 0. The highest BCUT2D eigenvalue weighted by atomic mass is 79.9. The third-order valence-electron chi connectivity index (χ3n) is 3.36. The first-order valence-corrected chi connectivity index (χ1v) is 6.34. The average Bonchev–Trinajstić information content (AvgIpc) is 2.90. The SMILES string of the molecule is O=c1[nH]c(C2CCC2)nc(C2CC2)c1Br. The topological polar surface area (TPSA) is 45.8 Å². The number of nitrogens with one attached hydrogen (secondary N) is 1. The molecular weight excluding hydrogens is 256 g/mol. The van der Waals surface area contributed by atoms with Gasteiger partial charge >= 0.3 is 0 Å². The van der Waals surface area contributed by atoms with Crippen molar-refractivity contribution in [1.82, 2.24) is 9.97 Å². The van der Waals surface area contributed by atoms with Crippen molar-refractivity contribution in [1.29, 1.82) is 0 Å².